The van der Waals surface area contributed by atoms with Gasteiger partial charge in [0, 0.05) is 0 Å². The first-order valence-electron chi connectivity index (χ1n) is 4.67. The molecule has 74 valence electrons. The van der Waals surface area contributed by atoms with Crippen molar-refractivity contribution in [3.63, 3.8) is 0 Å². The van der Waals surface area contributed by atoms with E-state index >= 15 is 0 Å². The van der Waals surface area contributed by atoms with Crippen LogP contribution in [0.25, 0.3) is 0 Å². The molecule has 0 aliphatic rings. The van der Waals surface area contributed by atoms with Gasteiger partial charge in [0.2, 0.25) is 0 Å². The van der Waals surface area contributed by atoms with Gasteiger partial charge in [-0.25, -0.2) is 0 Å². The fourth-order valence-corrected chi connectivity index (χ4v) is 0.878. The van der Waals surface area contributed by atoms with Crippen LogP contribution < -0.4 is 0 Å². The molecule has 1 heteroatoms. The molecule has 0 unspecified atom stereocenters. The summed E-state index contributed by atoms with van der Waals surface area (Å²) in [5, 5.41) is 0. The highest BCUT2D eigenvalue weighted by atomic mass is 16.1. The predicted molar refractivity (Wildman–Crippen MR) is 57.7 cm³/mol. The molecule has 0 atom stereocenters. The van der Waals surface area contributed by atoms with Crippen molar-refractivity contribution in [3.8, 4) is 0 Å². The van der Waals surface area contributed by atoms with Gasteiger partial charge < -0.3 is 0 Å². The van der Waals surface area contributed by atoms with E-state index in [1.165, 1.54) is 5.57 Å². The van der Waals surface area contributed by atoms with E-state index < -0.39 is 0 Å². The molecule has 0 rings (SSSR count). The van der Waals surface area contributed by atoms with Crippen LogP contribution in [0.4, 0.5) is 0 Å². The molecule has 0 amide bonds. The maximum absolute atomic E-state index is 10.7. The molecular formula is C12H20O. The summed E-state index contributed by atoms with van der Waals surface area (Å²) in [4.78, 5) is 10.7. The Morgan fingerprint density at radius 2 is 1.77 bits per heavy atom. The third-order valence-electron chi connectivity index (χ3n) is 1.81. The van der Waals surface area contributed by atoms with E-state index in [1.807, 2.05) is 6.08 Å². The number of ketones is 1. The average Bonchev–Trinajstić information content (AvgIpc) is 1.98. The van der Waals surface area contributed by atoms with Crippen molar-refractivity contribution in [1.29, 1.82) is 0 Å². The second-order valence-electron chi connectivity index (χ2n) is 4.42. The van der Waals surface area contributed by atoms with E-state index in [0.717, 1.165) is 6.42 Å². The topological polar surface area (TPSA) is 17.1 Å². The van der Waals surface area contributed by atoms with Crippen LogP contribution in [-0.4, -0.2) is 5.78 Å². The average molecular weight is 180 g/mol. The fourth-order valence-electron chi connectivity index (χ4n) is 0.878. The lowest BCUT2D eigenvalue weighted by Crippen LogP contribution is -2.06. The molecule has 0 aromatic heterocycles. The fraction of sp³-hybridized carbons (Fsp3) is 0.583. The Hall–Kier alpha value is -0.850. The maximum atomic E-state index is 10.7. The van der Waals surface area contributed by atoms with E-state index in [4.69, 9.17) is 0 Å². The molecule has 0 heterocycles. The summed E-state index contributed by atoms with van der Waals surface area (Å²) >= 11 is 0. The van der Waals surface area contributed by atoms with Gasteiger partial charge in [0.05, 0.1) is 0 Å². The van der Waals surface area contributed by atoms with Crippen LogP contribution in [0.15, 0.2) is 23.8 Å². The van der Waals surface area contributed by atoms with Gasteiger partial charge in [0.25, 0.3) is 0 Å². The number of carbonyl (C=O) groups is 1. The summed E-state index contributed by atoms with van der Waals surface area (Å²) in [6, 6.07) is 0. The van der Waals surface area contributed by atoms with E-state index in [2.05, 4.69) is 33.8 Å². The van der Waals surface area contributed by atoms with Crippen molar-refractivity contribution in [2.24, 2.45) is 5.41 Å². The van der Waals surface area contributed by atoms with Gasteiger partial charge in [-0.2, -0.15) is 0 Å². The van der Waals surface area contributed by atoms with E-state index in [9.17, 15) is 4.79 Å². The van der Waals surface area contributed by atoms with Crippen LogP contribution in [0.2, 0.25) is 0 Å². The van der Waals surface area contributed by atoms with Gasteiger partial charge in [-0.3, -0.25) is 4.79 Å². The Balaban J connectivity index is 4.24. The zero-order chi connectivity index (χ0) is 10.5. The van der Waals surface area contributed by atoms with Gasteiger partial charge >= 0.3 is 0 Å². The van der Waals surface area contributed by atoms with Crippen LogP contribution in [-0.2, 0) is 4.79 Å². The highest BCUT2D eigenvalue weighted by Crippen LogP contribution is 2.23. The van der Waals surface area contributed by atoms with E-state index in [0.29, 0.717) is 0 Å². The molecule has 0 saturated carbocycles. The largest absolute Gasteiger partial charge is 0.295 e. The van der Waals surface area contributed by atoms with Crippen molar-refractivity contribution in [3.05, 3.63) is 23.8 Å². The van der Waals surface area contributed by atoms with Gasteiger partial charge in [-0.15, -0.1) is 0 Å². The standard InChI is InChI=1S/C12H20O/c1-10(2)6-8-12(4,5)9-7-11(3)13/h6-7,9H,8H2,1-5H3/b9-7-. The molecular weight excluding hydrogens is 160 g/mol. The molecule has 1 nitrogen and oxygen atoms in total. The minimum atomic E-state index is 0.0862. The lowest BCUT2D eigenvalue weighted by molar-refractivity contribution is -0.112. The third kappa shape index (κ3) is 7.51. The van der Waals surface area contributed by atoms with Crippen molar-refractivity contribution >= 4 is 5.78 Å². The number of rotatable bonds is 4. The Kier molecular flexibility index (Phi) is 4.68. The van der Waals surface area contributed by atoms with Crippen molar-refractivity contribution in [2.45, 2.75) is 41.0 Å². The first-order valence-corrected chi connectivity index (χ1v) is 4.67. The lowest BCUT2D eigenvalue weighted by atomic mass is 9.88. The molecule has 0 N–H and O–H groups in total. The van der Waals surface area contributed by atoms with Gasteiger partial charge in [0.1, 0.15) is 0 Å². The number of hydrogen-bond donors (Lipinski definition) is 0. The molecule has 0 fully saturated rings. The zero-order valence-electron chi connectivity index (χ0n) is 9.35. The molecule has 0 aliphatic heterocycles. The Morgan fingerprint density at radius 3 is 2.15 bits per heavy atom. The van der Waals surface area contributed by atoms with Crippen molar-refractivity contribution < 1.29 is 4.79 Å². The second kappa shape index (κ2) is 5.00. The molecule has 13 heavy (non-hydrogen) atoms. The summed E-state index contributed by atoms with van der Waals surface area (Å²) in [6.45, 7) is 10.0. The molecule has 0 bridgehead atoms. The highest BCUT2D eigenvalue weighted by molar-refractivity contribution is 5.87. The van der Waals surface area contributed by atoms with Crippen LogP contribution in [0.1, 0.15) is 41.0 Å². The number of hydrogen-bond acceptors (Lipinski definition) is 1. The Morgan fingerprint density at radius 1 is 1.23 bits per heavy atom. The molecule has 0 aromatic carbocycles. The van der Waals surface area contributed by atoms with E-state index in [-0.39, 0.29) is 11.2 Å². The van der Waals surface area contributed by atoms with Crippen molar-refractivity contribution in [2.75, 3.05) is 0 Å². The number of allylic oxidation sites excluding steroid dienone is 4. The molecule has 0 spiro atoms. The molecule has 0 aliphatic carbocycles. The van der Waals surface area contributed by atoms with Crippen LogP contribution in [0.3, 0.4) is 0 Å². The van der Waals surface area contributed by atoms with Crippen LogP contribution in [0.5, 0.6) is 0 Å². The second-order valence-corrected chi connectivity index (χ2v) is 4.42. The monoisotopic (exact) mass is 180 g/mol. The first kappa shape index (κ1) is 12.2. The number of carbonyl (C=O) groups excluding carboxylic acids is 1. The summed E-state index contributed by atoms with van der Waals surface area (Å²) in [7, 11) is 0. The summed E-state index contributed by atoms with van der Waals surface area (Å²) in [5.41, 5.74) is 1.41. The third-order valence-corrected chi connectivity index (χ3v) is 1.81. The van der Waals surface area contributed by atoms with Gasteiger partial charge in [-0.05, 0) is 38.7 Å². The van der Waals surface area contributed by atoms with Crippen LogP contribution >= 0.6 is 0 Å². The van der Waals surface area contributed by atoms with Gasteiger partial charge in [0.15, 0.2) is 5.78 Å². The summed E-state index contributed by atoms with van der Waals surface area (Å²) in [5.74, 6) is 0.116. The minimum absolute atomic E-state index is 0.0862. The lowest BCUT2D eigenvalue weighted by Gasteiger charge is -2.17. The van der Waals surface area contributed by atoms with E-state index in [1.54, 1.807) is 13.0 Å². The maximum Gasteiger partial charge on any atom is 0.152 e. The predicted octanol–water partition coefficient (Wildman–Crippen LogP) is 3.51. The molecule has 0 saturated heterocycles. The normalized spacial score (nSPS) is 11.8. The highest BCUT2D eigenvalue weighted by Gasteiger charge is 2.11. The van der Waals surface area contributed by atoms with Gasteiger partial charge in [-0.1, -0.05) is 31.6 Å². The molecule has 0 radical (unpaired) electrons. The van der Waals surface area contributed by atoms with Crippen molar-refractivity contribution in [1.82, 2.24) is 0 Å². The molecule has 0 aromatic rings. The quantitative estimate of drug-likeness (QED) is 0.478. The SMILES string of the molecule is CC(=O)/C=C\C(C)(C)CC=C(C)C. The Bertz CT molecular complexity index is 228. The summed E-state index contributed by atoms with van der Waals surface area (Å²) < 4.78 is 0. The smallest absolute Gasteiger partial charge is 0.152 e. The summed E-state index contributed by atoms with van der Waals surface area (Å²) in [6.07, 6.45) is 6.82. The Labute approximate surface area is 81.5 Å². The first-order chi connectivity index (χ1) is 5.83. The minimum Gasteiger partial charge on any atom is -0.295 e. The zero-order valence-corrected chi connectivity index (χ0v) is 9.35. The van der Waals surface area contributed by atoms with Crippen LogP contribution in [0, 0.1) is 5.41 Å².